The van der Waals surface area contributed by atoms with Crippen LogP contribution in [-0.4, -0.2) is 39.5 Å². The van der Waals surface area contributed by atoms with Gasteiger partial charge in [0.15, 0.2) is 0 Å². The summed E-state index contributed by atoms with van der Waals surface area (Å²) in [5, 5.41) is 13.7. The van der Waals surface area contributed by atoms with Gasteiger partial charge < -0.3 is 5.11 Å². The Bertz CT molecular complexity index is 849. The molecule has 0 atom stereocenters. The Labute approximate surface area is 167 Å². The molecular formula is C24H29N3O. The molecule has 2 heterocycles. The Balaban J connectivity index is 1.64. The van der Waals surface area contributed by atoms with Gasteiger partial charge in [-0.2, -0.15) is 5.10 Å². The van der Waals surface area contributed by atoms with Gasteiger partial charge in [-0.3, -0.25) is 9.58 Å². The molecule has 1 aliphatic heterocycles. The second-order valence-electron chi connectivity index (χ2n) is 7.85. The number of likely N-dealkylation sites (tertiary alicyclic amines) is 1. The fraction of sp³-hybridized carbons (Fsp3) is 0.375. The van der Waals surface area contributed by atoms with Crippen LogP contribution < -0.4 is 0 Å². The van der Waals surface area contributed by atoms with Crippen molar-refractivity contribution in [3.05, 3.63) is 89.2 Å². The van der Waals surface area contributed by atoms with E-state index in [2.05, 4.69) is 83.8 Å². The molecule has 4 nitrogen and oxygen atoms in total. The predicted molar refractivity (Wildman–Crippen MR) is 112 cm³/mol. The van der Waals surface area contributed by atoms with E-state index in [9.17, 15) is 5.11 Å². The lowest BCUT2D eigenvalue weighted by molar-refractivity contribution is 0.161. The molecule has 3 aromatic rings. The molecule has 2 aromatic carbocycles. The summed E-state index contributed by atoms with van der Waals surface area (Å²) in [6.07, 6.45) is 4.43. The van der Waals surface area contributed by atoms with Crippen molar-refractivity contribution < 1.29 is 5.11 Å². The summed E-state index contributed by atoms with van der Waals surface area (Å²) in [5.74, 6) is 0. The molecule has 0 spiro atoms. The molecule has 1 N–H and O–H groups in total. The number of aromatic nitrogens is 2. The molecule has 4 rings (SSSR count). The number of nitrogens with zero attached hydrogens (tertiary/aromatic N) is 3. The Kier molecular flexibility index (Phi) is 5.60. The lowest BCUT2D eigenvalue weighted by atomic mass is 9.69. The first-order valence-electron chi connectivity index (χ1n) is 10.2. The smallest absolute Gasteiger partial charge is 0.0641 e. The first-order valence-corrected chi connectivity index (χ1v) is 10.2. The highest BCUT2D eigenvalue weighted by atomic mass is 16.3. The number of hydrogen-bond donors (Lipinski definition) is 1. The van der Waals surface area contributed by atoms with E-state index in [1.54, 1.807) is 0 Å². The van der Waals surface area contributed by atoms with E-state index in [-0.39, 0.29) is 12.0 Å². The van der Waals surface area contributed by atoms with Gasteiger partial charge in [-0.15, -0.1) is 0 Å². The zero-order valence-corrected chi connectivity index (χ0v) is 16.6. The third-order valence-corrected chi connectivity index (χ3v) is 6.00. The summed E-state index contributed by atoms with van der Waals surface area (Å²) in [6.45, 7) is 5.75. The topological polar surface area (TPSA) is 41.3 Å². The van der Waals surface area contributed by atoms with Crippen LogP contribution >= 0.6 is 0 Å². The summed E-state index contributed by atoms with van der Waals surface area (Å²) >= 11 is 0. The minimum Gasteiger partial charge on any atom is -0.394 e. The fourth-order valence-electron chi connectivity index (χ4n) is 4.60. The fourth-order valence-corrected chi connectivity index (χ4v) is 4.60. The Hall–Kier alpha value is -2.43. The van der Waals surface area contributed by atoms with Gasteiger partial charge in [-0.05, 0) is 37.4 Å². The van der Waals surface area contributed by atoms with Gasteiger partial charge in [0.05, 0.1) is 18.8 Å². The lowest BCUT2D eigenvalue weighted by Gasteiger charge is -2.44. The highest BCUT2D eigenvalue weighted by Crippen LogP contribution is 2.40. The van der Waals surface area contributed by atoms with Crippen LogP contribution in [0.2, 0.25) is 0 Å². The molecule has 0 amide bonds. The van der Waals surface area contributed by atoms with Gasteiger partial charge in [0.1, 0.15) is 0 Å². The van der Waals surface area contributed by atoms with Crippen molar-refractivity contribution in [2.75, 3.05) is 19.7 Å². The van der Waals surface area contributed by atoms with Gasteiger partial charge >= 0.3 is 0 Å². The van der Waals surface area contributed by atoms with E-state index in [1.165, 1.54) is 29.5 Å². The number of aryl methyl sites for hydroxylation is 1. The summed E-state index contributed by atoms with van der Waals surface area (Å²) in [4.78, 5) is 2.57. The quantitative estimate of drug-likeness (QED) is 0.713. The molecule has 4 heteroatoms. The maximum absolute atomic E-state index is 9.19. The van der Waals surface area contributed by atoms with Crippen LogP contribution in [0.25, 0.3) is 0 Å². The molecule has 1 aromatic heterocycles. The minimum absolute atomic E-state index is 0.0236. The maximum Gasteiger partial charge on any atom is 0.0641 e. The Morgan fingerprint density at radius 3 is 2.25 bits per heavy atom. The van der Waals surface area contributed by atoms with Crippen LogP contribution in [0.5, 0.6) is 0 Å². The van der Waals surface area contributed by atoms with E-state index >= 15 is 0 Å². The van der Waals surface area contributed by atoms with Crippen LogP contribution in [0.1, 0.15) is 35.2 Å². The van der Waals surface area contributed by atoms with Gasteiger partial charge in [0, 0.05) is 30.3 Å². The second-order valence-corrected chi connectivity index (χ2v) is 7.85. The SMILES string of the molecule is Cc1nn(CCO)cc1CN1CCCC(c2ccccc2)(c2ccccc2)C1. The third kappa shape index (κ3) is 3.75. The largest absolute Gasteiger partial charge is 0.394 e. The van der Waals surface area contributed by atoms with Crippen molar-refractivity contribution in [1.29, 1.82) is 0 Å². The van der Waals surface area contributed by atoms with Crippen molar-refractivity contribution in [3.63, 3.8) is 0 Å². The number of piperidine rings is 1. The summed E-state index contributed by atoms with van der Waals surface area (Å²) in [7, 11) is 0. The molecule has 1 aliphatic rings. The zero-order chi connectivity index (χ0) is 19.4. The number of benzene rings is 2. The lowest BCUT2D eigenvalue weighted by Crippen LogP contribution is -2.46. The number of aliphatic hydroxyl groups excluding tert-OH is 1. The average Bonchev–Trinajstić information content (AvgIpc) is 3.08. The monoisotopic (exact) mass is 375 g/mol. The number of hydrogen-bond acceptors (Lipinski definition) is 3. The summed E-state index contributed by atoms with van der Waals surface area (Å²) in [6, 6.07) is 21.9. The Morgan fingerprint density at radius 1 is 1.00 bits per heavy atom. The highest BCUT2D eigenvalue weighted by Gasteiger charge is 2.38. The zero-order valence-electron chi connectivity index (χ0n) is 16.6. The van der Waals surface area contributed by atoms with Crippen LogP contribution in [0.15, 0.2) is 66.9 Å². The van der Waals surface area contributed by atoms with E-state index in [0.29, 0.717) is 6.54 Å². The van der Waals surface area contributed by atoms with E-state index in [4.69, 9.17) is 0 Å². The molecule has 146 valence electrons. The van der Waals surface area contributed by atoms with Gasteiger partial charge in [0.25, 0.3) is 0 Å². The molecule has 0 aliphatic carbocycles. The standard InChI is InChI=1S/C24H29N3O/c1-20-21(18-27(25-20)15-16-28)17-26-14-8-13-24(19-26,22-9-4-2-5-10-22)23-11-6-3-7-12-23/h2-7,9-12,18,28H,8,13-17,19H2,1H3. The molecule has 0 bridgehead atoms. The first-order chi connectivity index (χ1) is 13.7. The van der Waals surface area contributed by atoms with Crippen molar-refractivity contribution >= 4 is 0 Å². The molecule has 0 unspecified atom stereocenters. The number of aliphatic hydroxyl groups is 1. The summed E-state index contributed by atoms with van der Waals surface area (Å²) < 4.78 is 1.86. The van der Waals surface area contributed by atoms with Gasteiger partial charge in [-0.25, -0.2) is 0 Å². The van der Waals surface area contributed by atoms with E-state index in [1.807, 2.05) is 4.68 Å². The van der Waals surface area contributed by atoms with Crippen molar-refractivity contribution in [3.8, 4) is 0 Å². The van der Waals surface area contributed by atoms with Crippen molar-refractivity contribution in [1.82, 2.24) is 14.7 Å². The van der Waals surface area contributed by atoms with Gasteiger partial charge in [-0.1, -0.05) is 60.7 Å². The molecule has 1 saturated heterocycles. The molecule has 0 saturated carbocycles. The first kappa shape index (κ1) is 18.9. The highest BCUT2D eigenvalue weighted by molar-refractivity contribution is 5.40. The maximum atomic E-state index is 9.19. The van der Waals surface area contributed by atoms with Crippen LogP contribution in [0, 0.1) is 6.92 Å². The second kappa shape index (κ2) is 8.29. The molecule has 1 fully saturated rings. The van der Waals surface area contributed by atoms with E-state index in [0.717, 1.165) is 25.3 Å². The van der Waals surface area contributed by atoms with Gasteiger partial charge in [0.2, 0.25) is 0 Å². The minimum atomic E-state index is 0.0236. The molecular weight excluding hydrogens is 346 g/mol. The van der Waals surface area contributed by atoms with E-state index < -0.39 is 0 Å². The number of rotatable bonds is 6. The predicted octanol–water partition coefficient (Wildman–Crippen LogP) is 3.77. The normalized spacial score (nSPS) is 16.9. The van der Waals surface area contributed by atoms with Crippen LogP contribution in [0.4, 0.5) is 0 Å². The third-order valence-electron chi connectivity index (χ3n) is 6.00. The van der Waals surface area contributed by atoms with Crippen molar-refractivity contribution in [2.24, 2.45) is 0 Å². The molecule has 0 radical (unpaired) electrons. The summed E-state index contributed by atoms with van der Waals surface area (Å²) in [5.41, 5.74) is 5.14. The average molecular weight is 376 g/mol. The van der Waals surface area contributed by atoms with Crippen LogP contribution in [-0.2, 0) is 18.5 Å². The Morgan fingerprint density at radius 2 is 1.64 bits per heavy atom. The molecule has 28 heavy (non-hydrogen) atoms. The van der Waals surface area contributed by atoms with Crippen molar-refractivity contribution in [2.45, 2.75) is 38.3 Å². The van der Waals surface area contributed by atoms with Crippen LogP contribution in [0.3, 0.4) is 0 Å².